The average molecular weight is 521 g/mol. The molecule has 0 saturated heterocycles. The molecule has 0 radical (unpaired) electrons. The molecule has 3 heterocycles. The summed E-state index contributed by atoms with van der Waals surface area (Å²) in [6.07, 6.45) is 3.20. The minimum atomic E-state index is -0.388. The second kappa shape index (κ2) is 11.1. The SMILES string of the molecule is COc1ccc(-c2nc3ncc(-c4cc(Cl)cc(CN(C)C)c4)cc3c(=O)n2CC(=O)NC(C)C)nc1. The number of halogens is 1. The van der Waals surface area contributed by atoms with Crippen LogP contribution in [0.5, 0.6) is 5.75 Å². The highest BCUT2D eigenvalue weighted by Crippen LogP contribution is 2.27. The number of methoxy groups -OCH3 is 1. The third-order valence-electron chi connectivity index (χ3n) is 5.55. The van der Waals surface area contributed by atoms with Crippen molar-refractivity contribution >= 4 is 28.5 Å². The number of hydrogen-bond donors (Lipinski definition) is 1. The highest BCUT2D eigenvalue weighted by atomic mass is 35.5. The van der Waals surface area contributed by atoms with E-state index < -0.39 is 0 Å². The molecule has 9 nitrogen and oxygen atoms in total. The van der Waals surface area contributed by atoms with Crippen LogP contribution in [0.25, 0.3) is 33.7 Å². The van der Waals surface area contributed by atoms with Crippen molar-refractivity contribution in [2.45, 2.75) is 33.0 Å². The summed E-state index contributed by atoms with van der Waals surface area (Å²) in [5.74, 6) is 0.504. The summed E-state index contributed by atoms with van der Waals surface area (Å²) in [7, 11) is 5.51. The smallest absolute Gasteiger partial charge is 0.263 e. The molecule has 192 valence electrons. The summed E-state index contributed by atoms with van der Waals surface area (Å²) in [6, 6.07) is 10.8. The maximum Gasteiger partial charge on any atom is 0.263 e. The Kier molecular flexibility index (Phi) is 7.85. The molecule has 0 unspecified atom stereocenters. The molecule has 10 heteroatoms. The monoisotopic (exact) mass is 520 g/mol. The first-order valence-electron chi connectivity index (χ1n) is 11.8. The lowest BCUT2D eigenvalue weighted by molar-refractivity contribution is -0.122. The fourth-order valence-corrected chi connectivity index (χ4v) is 4.28. The number of fused-ring (bicyclic) bond motifs is 1. The molecule has 0 bridgehead atoms. The lowest BCUT2D eigenvalue weighted by atomic mass is 10.0. The van der Waals surface area contributed by atoms with Gasteiger partial charge in [0.2, 0.25) is 5.91 Å². The first-order valence-corrected chi connectivity index (χ1v) is 12.2. The molecule has 0 aliphatic carbocycles. The molecule has 0 atom stereocenters. The molecule has 37 heavy (non-hydrogen) atoms. The van der Waals surface area contributed by atoms with E-state index in [0.29, 0.717) is 28.4 Å². The van der Waals surface area contributed by atoms with E-state index in [-0.39, 0.29) is 35.5 Å². The van der Waals surface area contributed by atoms with Gasteiger partial charge in [-0.3, -0.25) is 14.2 Å². The van der Waals surface area contributed by atoms with Crippen molar-refractivity contribution in [3.8, 4) is 28.4 Å². The molecule has 1 aromatic carbocycles. The number of ether oxygens (including phenoxy) is 1. The Morgan fingerprint density at radius 3 is 2.54 bits per heavy atom. The molecule has 0 spiro atoms. The minimum absolute atomic E-state index is 0.0772. The van der Waals surface area contributed by atoms with Crippen molar-refractivity contribution in [3.63, 3.8) is 0 Å². The number of aromatic nitrogens is 4. The molecule has 3 aromatic heterocycles. The molecule has 1 amide bonds. The third-order valence-corrected chi connectivity index (χ3v) is 5.77. The van der Waals surface area contributed by atoms with Gasteiger partial charge in [-0.05, 0) is 75.5 Å². The van der Waals surface area contributed by atoms with Crippen molar-refractivity contribution in [1.29, 1.82) is 0 Å². The number of rotatable bonds is 8. The van der Waals surface area contributed by atoms with Gasteiger partial charge in [-0.1, -0.05) is 11.6 Å². The largest absolute Gasteiger partial charge is 0.495 e. The van der Waals surface area contributed by atoms with Crippen LogP contribution in [0, 0.1) is 0 Å². The summed E-state index contributed by atoms with van der Waals surface area (Å²) < 4.78 is 6.52. The number of amides is 1. The Balaban J connectivity index is 1.87. The maximum atomic E-state index is 13.7. The number of pyridine rings is 2. The Hall–Kier alpha value is -3.82. The second-order valence-corrected chi connectivity index (χ2v) is 9.75. The molecule has 0 saturated carbocycles. The van der Waals surface area contributed by atoms with E-state index in [2.05, 4.69) is 20.3 Å². The van der Waals surface area contributed by atoms with Crippen LogP contribution >= 0.6 is 11.6 Å². The first-order chi connectivity index (χ1) is 17.6. The van der Waals surface area contributed by atoms with E-state index in [9.17, 15) is 9.59 Å². The van der Waals surface area contributed by atoms with Crippen molar-refractivity contribution < 1.29 is 9.53 Å². The van der Waals surface area contributed by atoms with Gasteiger partial charge in [-0.2, -0.15) is 0 Å². The van der Waals surface area contributed by atoms with Gasteiger partial charge in [0.1, 0.15) is 18.0 Å². The van der Waals surface area contributed by atoms with Crippen LogP contribution in [0.3, 0.4) is 0 Å². The minimum Gasteiger partial charge on any atom is -0.495 e. The van der Waals surface area contributed by atoms with E-state index in [1.165, 1.54) is 10.8 Å². The van der Waals surface area contributed by atoms with Gasteiger partial charge in [0.05, 0.1) is 18.7 Å². The zero-order chi connectivity index (χ0) is 26.7. The van der Waals surface area contributed by atoms with Crippen molar-refractivity contribution in [3.05, 3.63) is 69.7 Å². The number of carbonyl (C=O) groups is 1. The van der Waals surface area contributed by atoms with Crippen LogP contribution in [0.1, 0.15) is 19.4 Å². The van der Waals surface area contributed by atoms with Gasteiger partial charge in [-0.25, -0.2) is 15.0 Å². The van der Waals surface area contributed by atoms with Gasteiger partial charge in [0.15, 0.2) is 11.5 Å². The van der Waals surface area contributed by atoms with Gasteiger partial charge >= 0.3 is 0 Å². The summed E-state index contributed by atoms with van der Waals surface area (Å²) in [6.45, 7) is 4.22. The molecular weight excluding hydrogens is 492 g/mol. The predicted molar refractivity (Wildman–Crippen MR) is 145 cm³/mol. The summed E-state index contributed by atoms with van der Waals surface area (Å²) >= 11 is 6.39. The van der Waals surface area contributed by atoms with Crippen LogP contribution in [0.2, 0.25) is 5.02 Å². The first kappa shape index (κ1) is 26.2. The van der Waals surface area contributed by atoms with Crippen LogP contribution in [0.15, 0.2) is 53.6 Å². The number of nitrogens with one attached hydrogen (secondary N) is 1. The van der Waals surface area contributed by atoms with E-state index in [4.69, 9.17) is 16.3 Å². The van der Waals surface area contributed by atoms with Crippen molar-refractivity contribution in [2.24, 2.45) is 0 Å². The molecule has 0 fully saturated rings. The molecule has 4 aromatic rings. The molecule has 4 rings (SSSR count). The summed E-state index contributed by atoms with van der Waals surface area (Å²) in [5, 5.41) is 3.71. The van der Waals surface area contributed by atoms with Crippen LogP contribution in [-0.2, 0) is 17.9 Å². The zero-order valence-electron chi connectivity index (χ0n) is 21.4. The molecule has 0 aliphatic rings. The standard InChI is InChI=1S/C27H29ClN6O3/c1-16(2)31-24(35)15-34-26(23-7-6-21(37-5)13-29-23)32-25-22(27(34)36)11-19(12-30-25)18-8-17(14-33(3)4)9-20(28)10-18/h6-13,16H,14-15H2,1-5H3,(H,31,35). The van der Waals surface area contributed by atoms with E-state index in [1.807, 2.05) is 51.0 Å². The normalized spacial score (nSPS) is 11.4. The predicted octanol–water partition coefficient (Wildman–Crippen LogP) is 3.77. The maximum absolute atomic E-state index is 13.7. The topological polar surface area (TPSA) is 102 Å². The van der Waals surface area contributed by atoms with Gasteiger partial charge in [-0.15, -0.1) is 0 Å². The van der Waals surface area contributed by atoms with E-state index in [0.717, 1.165) is 16.7 Å². The van der Waals surface area contributed by atoms with E-state index >= 15 is 0 Å². The van der Waals surface area contributed by atoms with Crippen molar-refractivity contribution in [1.82, 2.24) is 29.7 Å². The third kappa shape index (κ3) is 6.12. The van der Waals surface area contributed by atoms with Crippen LogP contribution in [0.4, 0.5) is 0 Å². The fraction of sp³-hybridized carbons (Fsp3) is 0.296. The molecule has 0 aliphatic heterocycles. The average Bonchev–Trinajstić information content (AvgIpc) is 2.84. The fourth-order valence-electron chi connectivity index (χ4n) is 4.02. The Bertz CT molecular complexity index is 1500. The lowest BCUT2D eigenvalue weighted by Crippen LogP contribution is -2.37. The number of benzene rings is 1. The van der Waals surface area contributed by atoms with Gasteiger partial charge in [0.25, 0.3) is 5.56 Å². The Morgan fingerprint density at radius 1 is 1.11 bits per heavy atom. The summed E-state index contributed by atoms with van der Waals surface area (Å²) in [4.78, 5) is 42.0. The zero-order valence-corrected chi connectivity index (χ0v) is 22.2. The highest BCUT2D eigenvalue weighted by Gasteiger charge is 2.18. The number of hydrogen-bond acceptors (Lipinski definition) is 7. The lowest BCUT2D eigenvalue weighted by Gasteiger charge is -2.15. The Labute approximate surface area is 220 Å². The number of nitrogens with zero attached hydrogens (tertiary/aromatic N) is 5. The Morgan fingerprint density at radius 2 is 1.89 bits per heavy atom. The molecular formula is C27H29ClN6O3. The number of carbonyl (C=O) groups excluding carboxylic acids is 1. The van der Waals surface area contributed by atoms with Gasteiger partial charge < -0.3 is 15.0 Å². The van der Waals surface area contributed by atoms with Gasteiger partial charge in [0, 0.05) is 29.4 Å². The van der Waals surface area contributed by atoms with Crippen LogP contribution in [-0.4, -0.2) is 57.6 Å². The molecule has 1 N–H and O–H groups in total. The summed E-state index contributed by atoms with van der Waals surface area (Å²) in [5.41, 5.74) is 2.89. The van der Waals surface area contributed by atoms with E-state index in [1.54, 1.807) is 31.5 Å². The van der Waals surface area contributed by atoms with Crippen molar-refractivity contribution in [2.75, 3.05) is 21.2 Å². The highest BCUT2D eigenvalue weighted by molar-refractivity contribution is 6.31. The van der Waals surface area contributed by atoms with Crippen LogP contribution < -0.4 is 15.6 Å². The quantitative estimate of drug-likeness (QED) is 0.377. The second-order valence-electron chi connectivity index (χ2n) is 9.31.